The van der Waals surface area contributed by atoms with E-state index in [1.807, 2.05) is 36.4 Å². The first-order valence-electron chi connectivity index (χ1n) is 5.60. The molecular weight excluding hydrogens is 232 g/mol. The zero-order valence-corrected chi connectivity index (χ0v) is 10.8. The molecule has 88 valence electrons. The van der Waals surface area contributed by atoms with Gasteiger partial charge in [-0.2, -0.15) is 0 Å². The Morgan fingerprint density at radius 3 is 2.41 bits per heavy atom. The molecule has 0 bridgehead atoms. The predicted molar refractivity (Wildman–Crippen MR) is 71.7 cm³/mol. The predicted octanol–water partition coefficient (Wildman–Crippen LogP) is 4.54. The van der Waals surface area contributed by atoms with E-state index in [2.05, 4.69) is 19.9 Å². The van der Waals surface area contributed by atoms with E-state index in [9.17, 15) is 0 Å². The Bertz CT molecular complexity index is 503. The molecule has 0 saturated heterocycles. The first-order chi connectivity index (χ1) is 8.16. The molecule has 0 saturated carbocycles. The maximum absolute atomic E-state index is 5.83. The van der Waals surface area contributed by atoms with Gasteiger partial charge in [0.25, 0.3) is 0 Å². The van der Waals surface area contributed by atoms with Crippen molar-refractivity contribution in [3.05, 3.63) is 64.2 Å². The van der Waals surface area contributed by atoms with E-state index in [0.29, 0.717) is 6.61 Å². The topological polar surface area (TPSA) is 9.23 Å². The molecule has 0 unspecified atom stereocenters. The van der Waals surface area contributed by atoms with Crippen molar-refractivity contribution in [3.63, 3.8) is 0 Å². The number of halogens is 1. The summed E-state index contributed by atoms with van der Waals surface area (Å²) in [6, 6.07) is 13.8. The third-order valence-corrected chi connectivity index (χ3v) is 3.11. The number of rotatable bonds is 3. The van der Waals surface area contributed by atoms with E-state index in [4.69, 9.17) is 16.3 Å². The molecule has 2 aromatic carbocycles. The summed E-state index contributed by atoms with van der Waals surface area (Å²) < 4.78 is 5.80. The van der Waals surface area contributed by atoms with Gasteiger partial charge in [0.1, 0.15) is 12.4 Å². The lowest BCUT2D eigenvalue weighted by Crippen LogP contribution is -1.97. The number of hydrogen-bond acceptors (Lipinski definition) is 1. The largest absolute Gasteiger partial charge is 0.489 e. The molecular formula is C15H15ClO. The van der Waals surface area contributed by atoms with E-state index in [0.717, 1.165) is 16.3 Å². The minimum atomic E-state index is 0.571. The van der Waals surface area contributed by atoms with Gasteiger partial charge in [-0.15, -0.1) is 0 Å². The van der Waals surface area contributed by atoms with Crippen LogP contribution >= 0.6 is 11.6 Å². The second-order valence-corrected chi connectivity index (χ2v) is 4.55. The summed E-state index contributed by atoms with van der Waals surface area (Å²) in [4.78, 5) is 0. The van der Waals surface area contributed by atoms with E-state index in [1.54, 1.807) is 0 Å². The van der Waals surface area contributed by atoms with Gasteiger partial charge in [-0.1, -0.05) is 35.9 Å². The van der Waals surface area contributed by atoms with Crippen molar-refractivity contribution in [3.8, 4) is 5.75 Å². The van der Waals surface area contributed by atoms with E-state index < -0.39 is 0 Å². The molecule has 2 heteroatoms. The molecule has 2 aromatic rings. The lowest BCUT2D eigenvalue weighted by atomic mass is 10.1. The third-order valence-electron chi connectivity index (χ3n) is 2.86. The molecule has 0 aliphatic carbocycles. The fourth-order valence-corrected chi connectivity index (χ4v) is 1.75. The van der Waals surface area contributed by atoms with Crippen molar-refractivity contribution >= 4 is 11.6 Å². The monoisotopic (exact) mass is 246 g/mol. The maximum atomic E-state index is 5.83. The van der Waals surface area contributed by atoms with Crippen LogP contribution in [0.2, 0.25) is 5.02 Å². The van der Waals surface area contributed by atoms with Crippen molar-refractivity contribution in [1.29, 1.82) is 0 Å². The number of hydrogen-bond donors (Lipinski definition) is 0. The first-order valence-corrected chi connectivity index (χ1v) is 5.98. The van der Waals surface area contributed by atoms with E-state index in [-0.39, 0.29) is 0 Å². The molecule has 0 aromatic heterocycles. The van der Waals surface area contributed by atoms with Crippen LogP contribution in [-0.4, -0.2) is 0 Å². The molecule has 0 spiro atoms. The van der Waals surface area contributed by atoms with Gasteiger partial charge in [0.15, 0.2) is 0 Å². The molecule has 0 fully saturated rings. The highest BCUT2D eigenvalue weighted by molar-refractivity contribution is 6.30. The van der Waals surface area contributed by atoms with Crippen LogP contribution in [0.5, 0.6) is 5.75 Å². The van der Waals surface area contributed by atoms with E-state index >= 15 is 0 Å². The highest BCUT2D eigenvalue weighted by atomic mass is 35.5. The quantitative estimate of drug-likeness (QED) is 0.773. The molecule has 0 aliphatic heterocycles. The fraction of sp³-hybridized carbons (Fsp3) is 0.200. The molecule has 0 atom stereocenters. The average Bonchev–Trinajstić information content (AvgIpc) is 2.33. The Kier molecular flexibility index (Phi) is 3.70. The zero-order valence-electron chi connectivity index (χ0n) is 10.0. The van der Waals surface area contributed by atoms with Crippen LogP contribution in [0.25, 0.3) is 0 Å². The van der Waals surface area contributed by atoms with Crippen LogP contribution in [0.1, 0.15) is 16.7 Å². The van der Waals surface area contributed by atoms with Crippen molar-refractivity contribution in [2.75, 3.05) is 0 Å². The Labute approximate surface area is 107 Å². The Morgan fingerprint density at radius 2 is 1.71 bits per heavy atom. The summed E-state index contributed by atoms with van der Waals surface area (Å²) in [7, 11) is 0. The summed E-state index contributed by atoms with van der Waals surface area (Å²) in [5.74, 6) is 0.944. The van der Waals surface area contributed by atoms with Crippen molar-refractivity contribution < 1.29 is 4.74 Å². The lowest BCUT2D eigenvalue weighted by Gasteiger charge is -2.10. The summed E-state index contributed by atoms with van der Waals surface area (Å²) in [5, 5.41) is 0.750. The summed E-state index contributed by atoms with van der Waals surface area (Å²) in [5.41, 5.74) is 3.57. The van der Waals surface area contributed by atoms with Gasteiger partial charge < -0.3 is 4.74 Å². The second kappa shape index (κ2) is 5.24. The molecule has 1 nitrogen and oxygen atoms in total. The highest BCUT2D eigenvalue weighted by Gasteiger charge is 2.02. The highest BCUT2D eigenvalue weighted by Crippen LogP contribution is 2.21. The van der Waals surface area contributed by atoms with Crippen LogP contribution in [0, 0.1) is 13.8 Å². The summed E-state index contributed by atoms with van der Waals surface area (Å²) in [6.07, 6.45) is 0. The molecule has 17 heavy (non-hydrogen) atoms. The molecule has 0 N–H and O–H groups in total. The lowest BCUT2D eigenvalue weighted by molar-refractivity contribution is 0.304. The van der Waals surface area contributed by atoms with Gasteiger partial charge >= 0.3 is 0 Å². The molecule has 0 amide bonds. The van der Waals surface area contributed by atoms with Crippen molar-refractivity contribution in [1.82, 2.24) is 0 Å². The van der Waals surface area contributed by atoms with Gasteiger partial charge in [0.2, 0.25) is 0 Å². The van der Waals surface area contributed by atoms with Crippen LogP contribution in [-0.2, 0) is 6.61 Å². The van der Waals surface area contributed by atoms with Crippen LogP contribution in [0.15, 0.2) is 42.5 Å². The Balaban J connectivity index is 2.07. The summed E-state index contributed by atoms with van der Waals surface area (Å²) in [6.45, 7) is 4.73. The minimum Gasteiger partial charge on any atom is -0.489 e. The average molecular weight is 247 g/mol. The summed E-state index contributed by atoms with van der Waals surface area (Å²) >= 11 is 5.83. The third kappa shape index (κ3) is 3.01. The normalized spacial score (nSPS) is 10.3. The minimum absolute atomic E-state index is 0.571. The van der Waals surface area contributed by atoms with Gasteiger partial charge in [0.05, 0.1) is 0 Å². The SMILES string of the molecule is Cc1cccc(OCc2ccc(Cl)cc2)c1C. The fourth-order valence-electron chi connectivity index (χ4n) is 1.62. The number of ether oxygens (including phenoxy) is 1. The Morgan fingerprint density at radius 1 is 1.00 bits per heavy atom. The molecule has 0 aliphatic rings. The molecule has 0 radical (unpaired) electrons. The smallest absolute Gasteiger partial charge is 0.122 e. The molecule has 2 rings (SSSR count). The second-order valence-electron chi connectivity index (χ2n) is 4.11. The van der Waals surface area contributed by atoms with Crippen molar-refractivity contribution in [2.45, 2.75) is 20.5 Å². The van der Waals surface area contributed by atoms with Gasteiger partial charge in [-0.05, 0) is 48.7 Å². The van der Waals surface area contributed by atoms with Crippen LogP contribution < -0.4 is 4.74 Å². The van der Waals surface area contributed by atoms with Gasteiger partial charge in [0, 0.05) is 5.02 Å². The standard InChI is InChI=1S/C15H15ClO/c1-11-4-3-5-15(12(11)2)17-10-13-6-8-14(16)9-7-13/h3-9H,10H2,1-2H3. The molecule has 0 heterocycles. The van der Waals surface area contributed by atoms with Crippen LogP contribution in [0.3, 0.4) is 0 Å². The number of benzene rings is 2. The van der Waals surface area contributed by atoms with Gasteiger partial charge in [-0.3, -0.25) is 0 Å². The maximum Gasteiger partial charge on any atom is 0.122 e. The van der Waals surface area contributed by atoms with Crippen LogP contribution in [0.4, 0.5) is 0 Å². The van der Waals surface area contributed by atoms with E-state index in [1.165, 1.54) is 11.1 Å². The zero-order chi connectivity index (χ0) is 12.3. The Hall–Kier alpha value is -1.47. The van der Waals surface area contributed by atoms with Gasteiger partial charge in [-0.25, -0.2) is 0 Å². The number of aryl methyl sites for hydroxylation is 1. The van der Waals surface area contributed by atoms with Crippen molar-refractivity contribution in [2.24, 2.45) is 0 Å². The first kappa shape index (κ1) is 12.0.